The number of carbonyl (C=O) groups is 1. The van der Waals surface area contributed by atoms with Crippen molar-refractivity contribution in [2.75, 3.05) is 10.6 Å². The smallest absolute Gasteiger partial charge is 0.275 e. The number of amides is 1. The summed E-state index contributed by atoms with van der Waals surface area (Å²) in [5, 5.41) is 5.95. The Balaban J connectivity index is 1.61. The fraction of sp³-hybridized carbons (Fsp3) is 0.111. The molecule has 0 spiro atoms. The molecular formula is C18H16BrN5O. The van der Waals surface area contributed by atoms with Crippen LogP contribution >= 0.6 is 15.9 Å². The Kier molecular flexibility index (Phi) is 5.35. The normalized spacial score (nSPS) is 10.3. The Morgan fingerprint density at radius 3 is 2.72 bits per heavy atom. The first-order chi connectivity index (χ1) is 12.1. The Morgan fingerprint density at radius 1 is 1.16 bits per heavy atom. The molecule has 1 amide bonds. The molecule has 0 radical (unpaired) electrons. The summed E-state index contributed by atoms with van der Waals surface area (Å²) in [6.07, 6.45) is 6.50. The molecule has 2 aromatic heterocycles. The second-order valence-electron chi connectivity index (χ2n) is 5.42. The molecule has 2 N–H and O–H groups in total. The highest BCUT2D eigenvalue weighted by atomic mass is 79.9. The van der Waals surface area contributed by atoms with Crippen LogP contribution in [0.3, 0.4) is 0 Å². The van der Waals surface area contributed by atoms with Gasteiger partial charge in [-0.05, 0) is 42.3 Å². The zero-order chi connectivity index (χ0) is 17.6. The summed E-state index contributed by atoms with van der Waals surface area (Å²) in [6, 6.07) is 9.45. The van der Waals surface area contributed by atoms with E-state index < -0.39 is 0 Å². The number of nitrogens with one attached hydrogen (secondary N) is 2. The number of halogens is 1. The molecule has 0 atom stereocenters. The van der Waals surface area contributed by atoms with Crippen molar-refractivity contribution in [1.82, 2.24) is 15.0 Å². The molecule has 0 aliphatic rings. The van der Waals surface area contributed by atoms with Gasteiger partial charge in [0.2, 0.25) is 0 Å². The number of aromatic nitrogens is 3. The molecule has 0 unspecified atom stereocenters. The van der Waals surface area contributed by atoms with E-state index in [4.69, 9.17) is 0 Å². The topological polar surface area (TPSA) is 79.8 Å². The van der Waals surface area contributed by atoms with Gasteiger partial charge in [0.1, 0.15) is 11.5 Å². The molecule has 0 aliphatic carbocycles. The molecule has 6 nitrogen and oxygen atoms in total. The van der Waals surface area contributed by atoms with Gasteiger partial charge in [-0.1, -0.05) is 22.0 Å². The van der Waals surface area contributed by atoms with Crippen LogP contribution in [-0.4, -0.2) is 20.9 Å². The van der Waals surface area contributed by atoms with Crippen LogP contribution in [-0.2, 0) is 6.54 Å². The molecule has 0 fully saturated rings. The number of pyridine rings is 1. The number of nitrogens with zero attached hydrogens (tertiary/aromatic N) is 3. The van der Waals surface area contributed by atoms with Crippen LogP contribution in [0, 0.1) is 6.92 Å². The van der Waals surface area contributed by atoms with Crippen LogP contribution in [0.2, 0.25) is 0 Å². The van der Waals surface area contributed by atoms with Crippen LogP contribution in [0.25, 0.3) is 0 Å². The third-order valence-corrected chi connectivity index (χ3v) is 4.39. The van der Waals surface area contributed by atoms with Crippen molar-refractivity contribution in [2.45, 2.75) is 13.5 Å². The van der Waals surface area contributed by atoms with E-state index in [2.05, 4.69) is 41.5 Å². The Morgan fingerprint density at radius 2 is 2.04 bits per heavy atom. The molecule has 7 heteroatoms. The summed E-state index contributed by atoms with van der Waals surface area (Å²) in [5.74, 6) is 0.299. The van der Waals surface area contributed by atoms with Crippen LogP contribution < -0.4 is 10.6 Å². The van der Waals surface area contributed by atoms with Crippen molar-refractivity contribution in [3.8, 4) is 0 Å². The number of carbonyl (C=O) groups excluding carboxylic acids is 1. The van der Waals surface area contributed by atoms with Gasteiger partial charge in [-0.3, -0.25) is 9.78 Å². The number of hydrogen-bond acceptors (Lipinski definition) is 5. The third-order valence-electron chi connectivity index (χ3n) is 3.50. The quantitative estimate of drug-likeness (QED) is 0.684. The zero-order valence-corrected chi connectivity index (χ0v) is 15.1. The lowest BCUT2D eigenvalue weighted by atomic mass is 10.2. The highest BCUT2D eigenvalue weighted by Gasteiger charge is 2.09. The van der Waals surface area contributed by atoms with Gasteiger partial charge >= 0.3 is 0 Å². The van der Waals surface area contributed by atoms with E-state index in [0.717, 1.165) is 15.6 Å². The standard InChI is InChI=1S/C18H16BrN5O/c1-12-7-14(4-5-15(12)19)24-18(25)16-10-23-17(11-21-16)22-9-13-3-2-6-20-8-13/h2-8,10-11H,9H2,1H3,(H,22,23)(H,24,25). The number of benzene rings is 1. The van der Waals surface area contributed by atoms with Crippen LogP contribution in [0.15, 0.2) is 59.6 Å². The first-order valence-electron chi connectivity index (χ1n) is 7.64. The van der Waals surface area contributed by atoms with Crippen molar-refractivity contribution < 1.29 is 4.79 Å². The summed E-state index contributed by atoms with van der Waals surface area (Å²) in [6.45, 7) is 2.55. The Bertz CT molecular complexity index is 868. The van der Waals surface area contributed by atoms with Crippen LogP contribution in [0.4, 0.5) is 11.5 Å². The van der Waals surface area contributed by atoms with Gasteiger partial charge < -0.3 is 10.6 Å². The molecule has 2 heterocycles. The lowest BCUT2D eigenvalue weighted by Crippen LogP contribution is -2.14. The van der Waals surface area contributed by atoms with E-state index in [1.54, 1.807) is 12.4 Å². The van der Waals surface area contributed by atoms with Gasteiger partial charge in [-0.15, -0.1) is 0 Å². The number of rotatable bonds is 5. The molecule has 0 bridgehead atoms. The highest BCUT2D eigenvalue weighted by Crippen LogP contribution is 2.20. The third kappa shape index (κ3) is 4.60. The van der Waals surface area contributed by atoms with E-state index in [0.29, 0.717) is 18.1 Å². The van der Waals surface area contributed by atoms with Crippen LogP contribution in [0.5, 0.6) is 0 Å². The SMILES string of the molecule is Cc1cc(NC(=O)c2cnc(NCc3cccnc3)cn2)ccc1Br. The predicted molar refractivity (Wildman–Crippen MR) is 100 cm³/mol. The number of hydrogen-bond donors (Lipinski definition) is 2. The predicted octanol–water partition coefficient (Wildman–Crippen LogP) is 3.81. The lowest BCUT2D eigenvalue weighted by molar-refractivity contribution is 0.102. The van der Waals surface area contributed by atoms with E-state index >= 15 is 0 Å². The van der Waals surface area contributed by atoms with Gasteiger partial charge in [0, 0.05) is 29.1 Å². The average molecular weight is 398 g/mol. The van der Waals surface area contributed by atoms with E-state index in [1.807, 2.05) is 37.3 Å². The summed E-state index contributed by atoms with van der Waals surface area (Å²) in [7, 11) is 0. The average Bonchev–Trinajstić information content (AvgIpc) is 2.64. The van der Waals surface area contributed by atoms with Crippen molar-refractivity contribution in [3.05, 3.63) is 76.4 Å². The van der Waals surface area contributed by atoms with Crippen molar-refractivity contribution in [2.24, 2.45) is 0 Å². The second kappa shape index (κ2) is 7.85. The molecular weight excluding hydrogens is 382 g/mol. The minimum absolute atomic E-state index is 0.257. The molecule has 126 valence electrons. The molecule has 3 aromatic rings. The summed E-state index contributed by atoms with van der Waals surface area (Å²) >= 11 is 3.43. The lowest BCUT2D eigenvalue weighted by Gasteiger charge is -2.08. The summed E-state index contributed by atoms with van der Waals surface area (Å²) < 4.78 is 0.995. The minimum Gasteiger partial charge on any atom is -0.365 e. The van der Waals surface area contributed by atoms with Gasteiger partial charge in [0.05, 0.1) is 12.4 Å². The van der Waals surface area contributed by atoms with Crippen molar-refractivity contribution >= 4 is 33.3 Å². The molecule has 0 aliphatic heterocycles. The highest BCUT2D eigenvalue weighted by molar-refractivity contribution is 9.10. The summed E-state index contributed by atoms with van der Waals surface area (Å²) in [4.78, 5) is 24.7. The maximum Gasteiger partial charge on any atom is 0.275 e. The largest absolute Gasteiger partial charge is 0.365 e. The first-order valence-corrected chi connectivity index (χ1v) is 8.43. The zero-order valence-electron chi connectivity index (χ0n) is 13.5. The van der Waals surface area contributed by atoms with Gasteiger partial charge in [-0.25, -0.2) is 9.97 Å². The van der Waals surface area contributed by atoms with E-state index in [1.165, 1.54) is 12.4 Å². The van der Waals surface area contributed by atoms with E-state index in [9.17, 15) is 4.79 Å². The van der Waals surface area contributed by atoms with Gasteiger partial charge in [-0.2, -0.15) is 0 Å². The minimum atomic E-state index is -0.298. The summed E-state index contributed by atoms with van der Waals surface area (Å²) in [5.41, 5.74) is 3.05. The maximum atomic E-state index is 12.2. The monoisotopic (exact) mass is 397 g/mol. The fourth-order valence-electron chi connectivity index (χ4n) is 2.15. The van der Waals surface area contributed by atoms with Gasteiger partial charge in [0.25, 0.3) is 5.91 Å². The number of aryl methyl sites for hydroxylation is 1. The van der Waals surface area contributed by atoms with E-state index in [-0.39, 0.29) is 11.6 Å². The molecule has 0 saturated carbocycles. The van der Waals surface area contributed by atoms with Crippen LogP contribution in [0.1, 0.15) is 21.6 Å². The van der Waals surface area contributed by atoms with Gasteiger partial charge in [0.15, 0.2) is 0 Å². The first kappa shape index (κ1) is 17.0. The Labute approximate surface area is 153 Å². The number of anilines is 2. The second-order valence-corrected chi connectivity index (χ2v) is 6.27. The van der Waals surface area contributed by atoms with Crippen molar-refractivity contribution in [1.29, 1.82) is 0 Å². The molecule has 25 heavy (non-hydrogen) atoms. The Hall–Kier alpha value is -2.80. The van der Waals surface area contributed by atoms with Crippen molar-refractivity contribution in [3.63, 3.8) is 0 Å². The maximum absolute atomic E-state index is 12.2. The fourth-order valence-corrected chi connectivity index (χ4v) is 2.40. The molecule has 1 aromatic carbocycles. The molecule has 3 rings (SSSR count). The molecule has 0 saturated heterocycles.